The molecule has 0 aromatic heterocycles. The average Bonchev–Trinajstić information content (AvgIpc) is 2.48. The van der Waals surface area contributed by atoms with Gasteiger partial charge in [0.15, 0.2) is 0 Å². The molecule has 0 aliphatic heterocycles. The van der Waals surface area contributed by atoms with Gasteiger partial charge in [-0.25, -0.2) is 8.42 Å². The van der Waals surface area contributed by atoms with Crippen molar-refractivity contribution < 1.29 is 13.5 Å². The SMILES string of the molecule is CCc1ccc(S(=O)(=O)Nc2ccc(I)cc2)cc1CO. The summed E-state index contributed by atoms with van der Waals surface area (Å²) in [5, 5.41) is 9.34. The number of aryl methyl sites for hydroxylation is 1. The van der Waals surface area contributed by atoms with Gasteiger partial charge in [-0.2, -0.15) is 0 Å². The van der Waals surface area contributed by atoms with E-state index in [0.29, 0.717) is 11.3 Å². The van der Waals surface area contributed by atoms with Crippen LogP contribution < -0.4 is 4.72 Å². The van der Waals surface area contributed by atoms with Crippen molar-refractivity contribution in [2.75, 3.05) is 4.72 Å². The quantitative estimate of drug-likeness (QED) is 0.735. The molecule has 0 fully saturated rings. The lowest BCUT2D eigenvalue weighted by Crippen LogP contribution is -2.13. The van der Waals surface area contributed by atoms with Gasteiger partial charge in [0.05, 0.1) is 11.5 Å². The third kappa shape index (κ3) is 3.96. The summed E-state index contributed by atoms with van der Waals surface area (Å²) >= 11 is 2.16. The maximum atomic E-state index is 12.4. The smallest absolute Gasteiger partial charge is 0.261 e. The molecule has 0 radical (unpaired) electrons. The second-order valence-corrected chi connectivity index (χ2v) is 7.48. The number of sulfonamides is 1. The highest BCUT2D eigenvalue weighted by molar-refractivity contribution is 14.1. The van der Waals surface area contributed by atoms with Gasteiger partial charge < -0.3 is 5.11 Å². The van der Waals surface area contributed by atoms with Crippen molar-refractivity contribution in [2.24, 2.45) is 0 Å². The molecule has 0 spiro atoms. The number of hydrogen-bond donors (Lipinski definition) is 2. The maximum absolute atomic E-state index is 12.4. The van der Waals surface area contributed by atoms with Crippen molar-refractivity contribution in [1.29, 1.82) is 0 Å². The molecule has 2 aromatic carbocycles. The number of anilines is 1. The molecule has 4 nitrogen and oxygen atoms in total. The van der Waals surface area contributed by atoms with Crippen molar-refractivity contribution in [2.45, 2.75) is 24.8 Å². The summed E-state index contributed by atoms with van der Waals surface area (Å²) in [5.74, 6) is 0. The van der Waals surface area contributed by atoms with Gasteiger partial charge in [0.2, 0.25) is 0 Å². The molecule has 112 valence electrons. The van der Waals surface area contributed by atoms with Crippen molar-refractivity contribution in [1.82, 2.24) is 0 Å². The number of hydrogen-bond acceptors (Lipinski definition) is 3. The normalized spacial score (nSPS) is 11.4. The Labute approximate surface area is 138 Å². The van der Waals surface area contributed by atoms with E-state index < -0.39 is 10.0 Å². The third-order valence-corrected chi connectivity index (χ3v) is 5.23. The van der Waals surface area contributed by atoms with Crippen LogP contribution in [0.15, 0.2) is 47.4 Å². The topological polar surface area (TPSA) is 66.4 Å². The Kier molecular flexibility index (Phi) is 5.23. The van der Waals surface area contributed by atoms with E-state index in [9.17, 15) is 13.5 Å². The molecule has 0 bridgehead atoms. The van der Waals surface area contributed by atoms with Gasteiger partial charge in [-0.15, -0.1) is 0 Å². The number of nitrogens with one attached hydrogen (secondary N) is 1. The van der Waals surface area contributed by atoms with Crippen molar-refractivity contribution in [3.63, 3.8) is 0 Å². The number of halogens is 1. The summed E-state index contributed by atoms with van der Waals surface area (Å²) in [6.45, 7) is 1.79. The third-order valence-electron chi connectivity index (χ3n) is 3.14. The van der Waals surface area contributed by atoms with Crippen LogP contribution in [0.2, 0.25) is 0 Å². The molecule has 0 aliphatic rings. The number of aliphatic hydroxyl groups excluding tert-OH is 1. The number of aliphatic hydroxyl groups is 1. The highest BCUT2D eigenvalue weighted by Gasteiger charge is 2.15. The van der Waals surface area contributed by atoms with Crippen LogP contribution in [0.3, 0.4) is 0 Å². The fourth-order valence-corrected chi connectivity index (χ4v) is 3.46. The zero-order valence-electron chi connectivity index (χ0n) is 11.5. The van der Waals surface area contributed by atoms with Gasteiger partial charge in [-0.1, -0.05) is 13.0 Å². The van der Waals surface area contributed by atoms with Crippen molar-refractivity contribution in [3.8, 4) is 0 Å². The lowest BCUT2D eigenvalue weighted by atomic mass is 10.1. The summed E-state index contributed by atoms with van der Waals surface area (Å²) < 4.78 is 28.3. The summed E-state index contributed by atoms with van der Waals surface area (Å²) in [6, 6.07) is 11.9. The van der Waals surface area contributed by atoms with E-state index in [1.165, 1.54) is 6.07 Å². The highest BCUT2D eigenvalue weighted by atomic mass is 127. The molecule has 6 heteroatoms. The zero-order valence-corrected chi connectivity index (χ0v) is 14.5. The van der Waals surface area contributed by atoms with Crippen LogP contribution in [0.1, 0.15) is 18.1 Å². The van der Waals surface area contributed by atoms with Crippen LogP contribution in [0.4, 0.5) is 5.69 Å². The van der Waals surface area contributed by atoms with Crippen molar-refractivity contribution >= 4 is 38.3 Å². The fraction of sp³-hybridized carbons (Fsp3) is 0.200. The maximum Gasteiger partial charge on any atom is 0.261 e. The van der Waals surface area contributed by atoms with Crippen LogP contribution >= 0.6 is 22.6 Å². The summed E-state index contributed by atoms with van der Waals surface area (Å²) in [4.78, 5) is 0.155. The minimum atomic E-state index is -3.65. The van der Waals surface area contributed by atoms with Crippen molar-refractivity contribution in [3.05, 3.63) is 57.2 Å². The Balaban J connectivity index is 2.33. The molecule has 0 aliphatic carbocycles. The Morgan fingerprint density at radius 3 is 2.33 bits per heavy atom. The van der Waals surface area contributed by atoms with E-state index in [2.05, 4.69) is 27.3 Å². The molecule has 2 aromatic rings. The largest absolute Gasteiger partial charge is 0.392 e. The molecule has 0 heterocycles. The Hall–Kier alpha value is -1.12. The summed E-state index contributed by atoms with van der Waals surface area (Å²) in [6.07, 6.45) is 0.751. The molecule has 0 saturated heterocycles. The average molecular weight is 417 g/mol. The van der Waals surface area contributed by atoms with E-state index in [1.54, 1.807) is 24.3 Å². The van der Waals surface area contributed by atoms with Crippen LogP contribution in [0.25, 0.3) is 0 Å². The molecule has 0 saturated carbocycles. The molecule has 0 unspecified atom stereocenters. The van der Waals surface area contributed by atoms with Gasteiger partial charge >= 0.3 is 0 Å². The first kappa shape index (κ1) is 16.3. The first-order chi connectivity index (χ1) is 9.96. The van der Waals surface area contributed by atoms with E-state index in [-0.39, 0.29) is 11.5 Å². The van der Waals surface area contributed by atoms with E-state index in [0.717, 1.165) is 15.6 Å². The Morgan fingerprint density at radius 1 is 1.10 bits per heavy atom. The fourth-order valence-electron chi connectivity index (χ4n) is 1.99. The van der Waals surface area contributed by atoms with Crippen LogP contribution in [0, 0.1) is 3.57 Å². The first-order valence-corrected chi connectivity index (χ1v) is 9.03. The molecular formula is C15H16INO3S. The molecule has 2 rings (SSSR count). The number of benzene rings is 2. The van der Waals surface area contributed by atoms with Crippen LogP contribution in [-0.2, 0) is 23.1 Å². The lowest BCUT2D eigenvalue weighted by molar-refractivity contribution is 0.280. The molecule has 21 heavy (non-hydrogen) atoms. The zero-order chi connectivity index (χ0) is 15.5. The molecule has 2 N–H and O–H groups in total. The summed E-state index contributed by atoms with van der Waals surface area (Å²) in [5.41, 5.74) is 2.11. The second-order valence-electron chi connectivity index (χ2n) is 4.55. The van der Waals surface area contributed by atoms with Gasteiger partial charge in [0.25, 0.3) is 10.0 Å². The van der Waals surface area contributed by atoms with Gasteiger partial charge in [0, 0.05) is 9.26 Å². The van der Waals surface area contributed by atoms with E-state index in [1.807, 2.05) is 19.1 Å². The predicted octanol–water partition coefficient (Wildman–Crippen LogP) is 3.15. The number of rotatable bonds is 5. The van der Waals surface area contributed by atoms with E-state index >= 15 is 0 Å². The minimum Gasteiger partial charge on any atom is -0.392 e. The second kappa shape index (κ2) is 6.76. The van der Waals surface area contributed by atoms with Gasteiger partial charge in [-0.05, 0) is 76.5 Å². The Bertz CT molecular complexity index is 727. The van der Waals surface area contributed by atoms with Gasteiger partial charge in [0.1, 0.15) is 0 Å². The lowest BCUT2D eigenvalue weighted by Gasteiger charge is -2.11. The monoisotopic (exact) mass is 417 g/mol. The minimum absolute atomic E-state index is 0.155. The predicted molar refractivity (Wildman–Crippen MR) is 91.7 cm³/mol. The van der Waals surface area contributed by atoms with Crippen LogP contribution in [0.5, 0.6) is 0 Å². The summed E-state index contributed by atoms with van der Waals surface area (Å²) in [7, 11) is -3.65. The van der Waals surface area contributed by atoms with Crippen LogP contribution in [-0.4, -0.2) is 13.5 Å². The van der Waals surface area contributed by atoms with E-state index in [4.69, 9.17) is 0 Å². The molecule has 0 atom stereocenters. The van der Waals surface area contributed by atoms with Gasteiger partial charge in [-0.3, -0.25) is 4.72 Å². The Morgan fingerprint density at radius 2 is 1.76 bits per heavy atom. The molecule has 0 amide bonds. The molecular weight excluding hydrogens is 401 g/mol. The first-order valence-electron chi connectivity index (χ1n) is 6.47. The standard InChI is InChI=1S/C15H16INO3S/c1-2-11-3-8-15(9-12(11)10-18)21(19,20)17-14-6-4-13(16)5-7-14/h3-9,17-18H,2,10H2,1H3. The highest BCUT2D eigenvalue weighted by Crippen LogP contribution is 2.20.